The Hall–Kier alpha value is -1.29. The second kappa shape index (κ2) is 4.28. The van der Waals surface area contributed by atoms with E-state index < -0.39 is 0 Å². The number of hydrogen-bond donors (Lipinski definition) is 1. The molecule has 0 aromatic carbocycles. The average molecular weight is 196 g/mol. The van der Waals surface area contributed by atoms with E-state index >= 15 is 0 Å². The van der Waals surface area contributed by atoms with E-state index in [9.17, 15) is 4.79 Å². The van der Waals surface area contributed by atoms with Crippen LogP contribution in [0.2, 0.25) is 0 Å². The van der Waals surface area contributed by atoms with Crippen molar-refractivity contribution in [3.8, 4) is 0 Å². The summed E-state index contributed by atoms with van der Waals surface area (Å²) >= 11 is 0. The molecular weight excluding hydrogens is 180 g/mol. The number of hydrogen-bond acceptors (Lipinski definition) is 3. The Morgan fingerprint density at radius 3 is 2.79 bits per heavy atom. The number of carbonyl (C=O) groups is 1. The van der Waals surface area contributed by atoms with Crippen LogP contribution < -0.4 is 5.73 Å². The molecule has 0 fully saturated rings. The second-order valence-corrected chi connectivity index (χ2v) is 3.39. The number of carbonyl (C=O) groups excluding carboxylic acids is 1. The molecule has 1 atom stereocenters. The molecule has 4 heteroatoms. The van der Waals surface area contributed by atoms with Crippen LogP contribution >= 0.6 is 0 Å². The number of likely N-dealkylation sites (N-methyl/N-ethyl adjacent to an activating group) is 1. The van der Waals surface area contributed by atoms with Gasteiger partial charge < -0.3 is 15.1 Å². The molecule has 1 rings (SSSR count). The fourth-order valence-corrected chi connectivity index (χ4v) is 1.16. The Morgan fingerprint density at radius 1 is 1.71 bits per heavy atom. The third-order valence-corrected chi connectivity index (χ3v) is 2.41. The summed E-state index contributed by atoms with van der Waals surface area (Å²) in [7, 11) is 1.74. The van der Waals surface area contributed by atoms with Gasteiger partial charge in [0.1, 0.15) is 5.76 Å². The highest BCUT2D eigenvalue weighted by Crippen LogP contribution is 2.12. The van der Waals surface area contributed by atoms with Gasteiger partial charge in [0.15, 0.2) is 0 Å². The van der Waals surface area contributed by atoms with Crippen molar-refractivity contribution in [2.75, 3.05) is 13.6 Å². The summed E-state index contributed by atoms with van der Waals surface area (Å²) in [5.74, 6) is 0.597. The molecule has 0 spiro atoms. The van der Waals surface area contributed by atoms with E-state index in [-0.39, 0.29) is 11.9 Å². The maximum absolute atomic E-state index is 11.8. The van der Waals surface area contributed by atoms with Crippen molar-refractivity contribution in [3.63, 3.8) is 0 Å². The van der Waals surface area contributed by atoms with Gasteiger partial charge in [0.05, 0.1) is 11.8 Å². The van der Waals surface area contributed by atoms with Gasteiger partial charge in [-0.05, 0) is 19.9 Å². The normalized spacial score (nSPS) is 12.6. The number of nitrogens with zero attached hydrogens (tertiary/aromatic N) is 1. The van der Waals surface area contributed by atoms with Crippen molar-refractivity contribution in [3.05, 3.63) is 23.7 Å². The lowest BCUT2D eigenvalue weighted by Gasteiger charge is -2.23. The van der Waals surface area contributed by atoms with E-state index in [1.54, 1.807) is 24.9 Å². The van der Waals surface area contributed by atoms with Crippen LogP contribution in [0.1, 0.15) is 23.0 Å². The number of amides is 1. The first-order chi connectivity index (χ1) is 6.57. The number of aryl methyl sites for hydroxylation is 1. The van der Waals surface area contributed by atoms with Gasteiger partial charge >= 0.3 is 0 Å². The molecule has 1 amide bonds. The summed E-state index contributed by atoms with van der Waals surface area (Å²) in [6, 6.07) is 1.72. The minimum atomic E-state index is -0.0470. The molecule has 0 aliphatic heterocycles. The molecule has 0 bridgehead atoms. The average Bonchev–Trinajstić information content (AvgIpc) is 2.61. The molecule has 0 radical (unpaired) electrons. The maximum atomic E-state index is 11.8. The molecular formula is C10H16N2O2. The van der Waals surface area contributed by atoms with E-state index in [4.69, 9.17) is 10.2 Å². The molecule has 4 nitrogen and oxygen atoms in total. The Labute approximate surface area is 83.7 Å². The van der Waals surface area contributed by atoms with Crippen molar-refractivity contribution >= 4 is 5.91 Å². The largest absolute Gasteiger partial charge is 0.469 e. The lowest BCUT2D eigenvalue weighted by Crippen LogP contribution is -2.39. The molecule has 14 heavy (non-hydrogen) atoms. The fraction of sp³-hybridized carbons (Fsp3) is 0.500. The van der Waals surface area contributed by atoms with Gasteiger partial charge in [-0.1, -0.05) is 0 Å². The van der Waals surface area contributed by atoms with Crippen LogP contribution in [-0.2, 0) is 0 Å². The van der Waals surface area contributed by atoms with E-state index in [1.807, 2.05) is 6.92 Å². The van der Waals surface area contributed by atoms with Crippen LogP contribution in [-0.4, -0.2) is 30.4 Å². The van der Waals surface area contributed by atoms with Crippen molar-refractivity contribution in [2.45, 2.75) is 19.9 Å². The van der Waals surface area contributed by atoms with Crippen LogP contribution in [0, 0.1) is 6.92 Å². The van der Waals surface area contributed by atoms with Crippen molar-refractivity contribution in [2.24, 2.45) is 5.73 Å². The standard InChI is InChI=1S/C10H16N2O2/c1-7(6-11)12(3)10(13)9-4-5-14-8(9)2/h4-5,7H,6,11H2,1-3H3. The van der Waals surface area contributed by atoms with Gasteiger partial charge in [-0.25, -0.2) is 0 Å². The summed E-state index contributed by atoms with van der Waals surface area (Å²) in [4.78, 5) is 13.5. The minimum absolute atomic E-state index is 0.0387. The molecule has 1 heterocycles. The zero-order valence-electron chi connectivity index (χ0n) is 8.78. The lowest BCUT2D eigenvalue weighted by atomic mass is 10.2. The summed E-state index contributed by atoms with van der Waals surface area (Å²) in [6.45, 7) is 4.14. The summed E-state index contributed by atoms with van der Waals surface area (Å²) < 4.78 is 5.07. The Morgan fingerprint density at radius 2 is 2.36 bits per heavy atom. The summed E-state index contributed by atoms with van der Waals surface area (Å²) in [5.41, 5.74) is 6.09. The Kier molecular flexibility index (Phi) is 3.30. The predicted molar refractivity (Wildman–Crippen MR) is 54.1 cm³/mol. The predicted octanol–water partition coefficient (Wildman–Crippen LogP) is 1.01. The van der Waals surface area contributed by atoms with Gasteiger partial charge in [-0.2, -0.15) is 0 Å². The van der Waals surface area contributed by atoms with E-state index in [0.717, 1.165) is 0 Å². The zero-order valence-corrected chi connectivity index (χ0v) is 8.78. The summed E-state index contributed by atoms with van der Waals surface area (Å²) in [6.07, 6.45) is 1.52. The van der Waals surface area contributed by atoms with Gasteiger partial charge in [0.2, 0.25) is 0 Å². The van der Waals surface area contributed by atoms with Crippen molar-refractivity contribution < 1.29 is 9.21 Å². The van der Waals surface area contributed by atoms with Crippen LogP contribution in [0.5, 0.6) is 0 Å². The molecule has 1 unspecified atom stereocenters. The smallest absolute Gasteiger partial charge is 0.257 e. The zero-order chi connectivity index (χ0) is 10.7. The maximum Gasteiger partial charge on any atom is 0.257 e. The SMILES string of the molecule is Cc1occc1C(=O)N(C)C(C)CN. The molecule has 78 valence electrons. The van der Waals surface area contributed by atoms with Crippen LogP contribution in [0.25, 0.3) is 0 Å². The van der Waals surface area contributed by atoms with E-state index in [2.05, 4.69) is 0 Å². The molecule has 1 aromatic rings. The van der Waals surface area contributed by atoms with Gasteiger partial charge in [-0.3, -0.25) is 4.79 Å². The van der Waals surface area contributed by atoms with Crippen molar-refractivity contribution in [1.29, 1.82) is 0 Å². The summed E-state index contributed by atoms with van der Waals surface area (Å²) in [5, 5.41) is 0. The lowest BCUT2D eigenvalue weighted by molar-refractivity contribution is 0.0746. The highest BCUT2D eigenvalue weighted by Gasteiger charge is 2.19. The molecule has 0 saturated heterocycles. The number of rotatable bonds is 3. The van der Waals surface area contributed by atoms with Gasteiger partial charge in [0.25, 0.3) is 5.91 Å². The first-order valence-corrected chi connectivity index (χ1v) is 4.59. The van der Waals surface area contributed by atoms with Crippen molar-refractivity contribution in [1.82, 2.24) is 4.90 Å². The van der Waals surface area contributed by atoms with E-state index in [1.165, 1.54) is 6.26 Å². The highest BCUT2D eigenvalue weighted by molar-refractivity contribution is 5.95. The molecule has 0 aliphatic carbocycles. The topological polar surface area (TPSA) is 59.5 Å². The minimum Gasteiger partial charge on any atom is -0.469 e. The molecule has 1 aromatic heterocycles. The molecule has 0 aliphatic rings. The second-order valence-electron chi connectivity index (χ2n) is 3.39. The molecule has 0 saturated carbocycles. The van der Waals surface area contributed by atoms with Gasteiger partial charge in [-0.15, -0.1) is 0 Å². The Balaban J connectivity index is 2.81. The number of nitrogens with two attached hydrogens (primary N) is 1. The first-order valence-electron chi connectivity index (χ1n) is 4.59. The third-order valence-electron chi connectivity index (χ3n) is 2.41. The third kappa shape index (κ3) is 1.96. The molecule has 2 N–H and O–H groups in total. The quantitative estimate of drug-likeness (QED) is 0.784. The first kappa shape index (κ1) is 10.8. The monoisotopic (exact) mass is 196 g/mol. The van der Waals surface area contributed by atoms with Crippen LogP contribution in [0.15, 0.2) is 16.7 Å². The fourth-order valence-electron chi connectivity index (χ4n) is 1.16. The van der Waals surface area contributed by atoms with Gasteiger partial charge in [0, 0.05) is 19.6 Å². The number of furan rings is 1. The van der Waals surface area contributed by atoms with Crippen LogP contribution in [0.4, 0.5) is 0 Å². The van der Waals surface area contributed by atoms with E-state index in [0.29, 0.717) is 17.9 Å². The highest BCUT2D eigenvalue weighted by atomic mass is 16.3. The Bertz CT molecular complexity index is 320. The van der Waals surface area contributed by atoms with Crippen LogP contribution in [0.3, 0.4) is 0 Å².